The van der Waals surface area contributed by atoms with Gasteiger partial charge in [0, 0.05) is 29.3 Å². The first-order valence-corrected chi connectivity index (χ1v) is 7.61. The zero-order valence-corrected chi connectivity index (χ0v) is 14.8. The lowest BCUT2D eigenvalue weighted by atomic mass is 9.87. The van der Waals surface area contributed by atoms with E-state index in [1.54, 1.807) is 18.5 Å². The average Bonchev–Trinajstić information content (AvgIpc) is 2.48. The molecule has 23 heavy (non-hydrogen) atoms. The highest BCUT2D eigenvalue weighted by Gasteiger charge is 2.32. The van der Waals surface area contributed by atoms with Crippen molar-refractivity contribution >= 4 is 41.7 Å². The predicted octanol–water partition coefficient (Wildman–Crippen LogP) is 3.79. The smallest absolute Gasteiger partial charge is 0.154 e. The van der Waals surface area contributed by atoms with Crippen LogP contribution in [-0.2, 0) is 5.54 Å². The summed E-state index contributed by atoms with van der Waals surface area (Å²) in [4.78, 5) is 12.5. The molecular weight excluding hydrogens is 358 g/mol. The van der Waals surface area contributed by atoms with Crippen LogP contribution < -0.4 is 5.73 Å². The summed E-state index contributed by atoms with van der Waals surface area (Å²) >= 11 is 1.51. The van der Waals surface area contributed by atoms with Crippen LogP contribution in [-0.4, -0.2) is 20.9 Å². The number of halogens is 3. The summed E-state index contributed by atoms with van der Waals surface area (Å²) in [6.07, 6.45) is 5.64. The third kappa shape index (κ3) is 4.13. The average molecular weight is 375 g/mol. The Hall–Kier alpha value is -1.37. The highest BCUT2D eigenvalue weighted by molar-refractivity contribution is 8.13. The second-order valence-electron chi connectivity index (χ2n) is 5.14. The van der Waals surface area contributed by atoms with Crippen molar-refractivity contribution in [3.63, 3.8) is 0 Å². The topological polar surface area (TPSA) is 64.2 Å². The molecule has 1 aromatic heterocycles. The minimum Gasteiger partial charge on any atom is -0.379 e. The summed E-state index contributed by atoms with van der Waals surface area (Å²) in [7, 11) is 0. The minimum absolute atomic E-state index is 0. The van der Waals surface area contributed by atoms with Gasteiger partial charge in [0.1, 0.15) is 12.1 Å². The first-order chi connectivity index (χ1) is 10.1. The van der Waals surface area contributed by atoms with Crippen LogP contribution in [0.5, 0.6) is 0 Å². The number of aromatic nitrogens is 2. The van der Waals surface area contributed by atoms with Crippen LogP contribution in [0.4, 0.5) is 4.39 Å². The van der Waals surface area contributed by atoms with Crippen molar-refractivity contribution < 1.29 is 4.39 Å². The van der Waals surface area contributed by atoms with Crippen LogP contribution in [0, 0.1) is 5.82 Å². The molecule has 0 bridgehead atoms. The summed E-state index contributed by atoms with van der Waals surface area (Å²) in [6, 6.07) is 5.02. The number of nitrogens with two attached hydrogens (primary N) is 1. The molecule has 3 rings (SSSR count). The van der Waals surface area contributed by atoms with Gasteiger partial charge in [-0.25, -0.2) is 14.4 Å². The van der Waals surface area contributed by atoms with E-state index in [9.17, 15) is 4.39 Å². The zero-order valence-electron chi connectivity index (χ0n) is 12.4. The fourth-order valence-electron chi connectivity index (χ4n) is 2.45. The maximum atomic E-state index is 14.3. The molecule has 124 valence electrons. The van der Waals surface area contributed by atoms with Crippen molar-refractivity contribution in [3.8, 4) is 11.1 Å². The molecule has 1 aliphatic heterocycles. The Kier molecular flexibility index (Phi) is 6.80. The van der Waals surface area contributed by atoms with E-state index < -0.39 is 5.54 Å². The van der Waals surface area contributed by atoms with E-state index in [1.807, 2.05) is 13.0 Å². The van der Waals surface area contributed by atoms with Gasteiger partial charge in [-0.3, -0.25) is 4.99 Å². The second-order valence-corrected chi connectivity index (χ2v) is 6.26. The van der Waals surface area contributed by atoms with Crippen LogP contribution in [0.1, 0.15) is 18.9 Å². The lowest BCUT2D eigenvalue weighted by Crippen LogP contribution is -2.29. The van der Waals surface area contributed by atoms with E-state index in [0.29, 0.717) is 10.7 Å². The van der Waals surface area contributed by atoms with E-state index in [2.05, 4.69) is 15.0 Å². The molecule has 1 atom stereocenters. The number of hydrogen-bond acceptors (Lipinski definition) is 5. The summed E-state index contributed by atoms with van der Waals surface area (Å²) < 4.78 is 14.3. The van der Waals surface area contributed by atoms with Crippen LogP contribution >= 0.6 is 36.6 Å². The number of hydrogen-bond donors (Lipinski definition) is 1. The van der Waals surface area contributed by atoms with Gasteiger partial charge in [-0.2, -0.15) is 0 Å². The van der Waals surface area contributed by atoms with Gasteiger partial charge in [0.15, 0.2) is 5.17 Å². The summed E-state index contributed by atoms with van der Waals surface area (Å²) in [5.41, 5.74) is 7.49. The van der Waals surface area contributed by atoms with Gasteiger partial charge in [-0.05, 0) is 31.0 Å². The molecule has 0 saturated carbocycles. The molecule has 1 aliphatic rings. The number of rotatable bonds is 2. The van der Waals surface area contributed by atoms with Gasteiger partial charge in [-0.15, -0.1) is 24.8 Å². The normalized spacial score (nSPS) is 20.0. The van der Waals surface area contributed by atoms with Crippen molar-refractivity contribution in [3.05, 3.63) is 48.3 Å². The van der Waals surface area contributed by atoms with E-state index in [-0.39, 0.29) is 30.6 Å². The van der Waals surface area contributed by atoms with Crippen molar-refractivity contribution in [2.24, 2.45) is 10.7 Å². The summed E-state index contributed by atoms with van der Waals surface area (Å²) in [5.74, 6) is 0.575. The maximum absolute atomic E-state index is 14.3. The van der Waals surface area contributed by atoms with Gasteiger partial charge in [-0.1, -0.05) is 17.8 Å². The number of benzene rings is 1. The number of aliphatic imine (C=N–C) groups is 1. The number of nitrogens with zero attached hydrogens (tertiary/aromatic N) is 3. The van der Waals surface area contributed by atoms with E-state index in [1.165, 1.54) is 24.2 Å². The van der Waals surface area contributed by atoms with Gasteiger partial charge in [0.05, 0.1) is 5.54 Å². The van der Waals surface area contributed by atoms with Crippen molar-refractivity contribution in [1.82, 2.24) is 9.97 Å². The highest BCUT2D eigenvalue weighted by Crippen LogP contribution is 2.37. The molecule has 2 N–H and O–H groups in total. The summed E-state index contributed by atoms with van der Waals surface area (Å²) in [6.45, 7) is 1.92. The number of amidine groups is 1. The Bertz CT molecular complexity index is 699. The molecular formula is C15H17Cl2FN4S. The van der Waals surface area contributed by atoms with Crippen LogP contribution in [0.15, 0.2) is 41.9 Å². The molecule has 2 heterocycles. The molecule has 0 aliphatic carbocycles. The molecule has 8 heteroatoms. The molecule has 0 spiro atoms. The molecule has 0 unspecified atom stereocenters. The van der Waals surface area contributed by atoms with E-state index >= 15 is 0 Å². The summed E-state index contributed by atoms with van der Waals surface area (Å²) in [5, 5.41) is 0.511. The monoisotopic (exact) mass is 374 g/mol. The molecule has 1 aromatic carbocycles. The maximum Gasteiger partial charge on any atom is 0.154 e. The Balaban J connectivity index is 0.00000132. The van der Waals surface area contributed by atoms with Gasteiger partial charge in [0.25, 0.3) is 0 Å². The minimum atomic E-state index is -0.620. The Morgan fingerprint density at radius 3 is 2.52 bits per heavy atom. The Labute approximate surface area is 151 Å². The van der Waals surface area contributed by atoms with E-state index in [4.69, 9.17) is 5.73 Å². The number of thioether (sulfide) groups is 1. The second kappa shape index (κ2) is 7.95. The molecule has 0 amide bonds. The van der Waals surface area contributed by atoms with Crippen molar-refractivity contribution in [1.29, 1.82) is 0 Å². The molecule has 0 radical (unpaired) electrons. The van der Waals surface area contributed by atoms with Gasteiger partial charge >= 0.3 is 0 Å². The fraction of sp³-hybridized carbons (Fsp3) is 0.267. The third-order valence-electron chi connectivity index (χ3n) is 3.64. The van der Waals surface area contributed by atoms with Crippen molar-refractivity contribution in [2.75, 3.05) is 5.75 Å². The van der Waals surface area contributed by atoms with Crippen LogP contribution in [0.25, 0.3) is 11.1 Å². The standard InChI is InChI=1S/C15H15FN4S.2ClH/c1-15(4-5-21-14(17)20-15)12-6-10(2-3-13(12)16)11-7-18-9-19-8-11;;/h2-3,6-9H,4-5H2,1H3,(H2,17,20);2*1H/t15-;;/m0../s1. The molecule has 0 fully saturated rings. The lowest BCUT2D eigenvalue weighted by Gasteiger charge is -2.30. The van der Waals surface area contributed by atoms with Gasteiger partial charge < -0.3 is 5.73 Å². The highest BCUT2D eigenvalue weighted by atomic mass is 35.5. The predicted molar refractivity (Wildman–Crippen MR) is 98.0 cm³/mol. The van der Waals surface area contributed by atoms with Crippen LogP contribution in [0.2, 0.25) is 0 Å². The van der Waals surface area contributed by atoms with Gasteiger partial charge in [0.2, 0.25) is 0 Å². The van der Waals surface area contributed by atoms with Crippen LogP contribution in [0.3, 0.4) is 0 Å². The Morgan fingerprint density at radius 1 is 1.17 bits per heavy atom. The molecule has 2 aromatic rings. The van der Waals surface area contributed by atoms with E-state index in [0.717, 1.165) is 23.3 Å². The first kappa shape index (κ1) is 19.7. The zero-order chi connectivity index (χ0) is 14.9. The Morgan fingerprint density at radius 2 is 1.87 bits per heavy atom. The fourth-order valence-corrected chi connectivity index (χ4v) is 3.42. The van der Waals surface area contributed by atoms with Crippen molar-refractivity contribution in [2.45, 2.75) is 18.9 Å². The quantitative estimate of drug-likeness (QED) is 0.868. The molecule has 4 nitrogen and oxygen atoms in total. The lowest BCUT2D eigenvalue weighted by molar-refractivity contribution is 0.450. The SMILES string of the molecule is C[C@@]1(c2cc(-c3cncnc3)ccc2F)CCSC(N)=N1.Cl.Cl. The third-order valence-corrected chi connectivity index (χ3v) is 4.43. The first-order valence-electron chi connectivity index (χ1n) is 6.62. The largest absolute Gasteiger partial charge is 0.379 e. The molecule has 0 saturated heterocycles.